The molecule has 0 unspecified atom stereocenters. The molecule has 5 rings (SSSR count). The summed E-state index contributed by atoms with van der Waals surface area (Å²) in [6.07, 6.45) is 0. The largest absolute Gasteiger partial charge is 0.507 e. The number of phenolic OH excluding ortho intramolecular Hbond substituents is 2. The molecule has 5 aromatic carbocycles. The number of aromatic hydroxyl groups is 3. The minimum absolute atomic E-state index is 0.0142. The van der Waals surface area contributed by atoms with Crippen molar-refractivity contribution in [3.05, 3.63) is 108 Å². The van der Waals surface area contributed by atoms with Crippen molar-refractivity contribution >= 4 is 72.3 Å². The smallest absolute Gasteiger partial charge is 0.397 e. The molecule has 0 spiro atoms. The highest BCUT2D eigenvalue weighted by Gasteiger charge is 2.19. The number of benzene rings is 5. The van der Waals surface area contributed by atoms with Crippen molar-refractivity contribution in [2.24, 2.45) is 30.7 Å². The molecule has 298 valence electrons. The monoisotopic (exact) mass is 834 g/mol. The highest BCUT2D eigenvalue weighted by atomic mass is 32.3. The maximum Gasteiger partial charge on any atom is 0.397 e. The second-order valence-corrected chi connectivity index (χ2v) is 14.7. The van der Waals surface area contributed by atoms with Crippen LogP contribution >= 0.6 is 0 Å². The standard InChI is InChI=1S/C35H26N6O15S2/c42-29-11-5-21(17-25(29)35(49)50)37-38-26-8-1-18(15-23(26)33(45)46)19-2-9-27(24(16-19)34(47)48)39-40-28-10-12-30(43)31(32(28)44)41-36-20-3-6-22(7-4-20)57(51,52)14-13-56-58(53,54)55/h1-12,15-17,42-44H,13-14H2,(H,45,46)(H,47,48)(H,49,50)(H,53,54,55)/b38-37+,40-39+,41-36+. The highest BCUT2D eigenvalue weighted by Crippen LogP contribution is 2.44. The van der Waals surface area contributed by atoms with Gasteiger partial charge in [0.25, 0.3) is 0 Å². The summed E-state index contributed by atoms with van der Waals surface area (Å²) in [5.41, 5.74) is -1.63. The Morgan fingerprint density at radius 3 is 1.57 bits per heavy atom. The van der Waals surface area contributed by atoms with Gasteiger partial charge >= 0.3 is 28.3 Å². The molecule has 0 bridgehead atoms. The third-order valence-corrected chi connectivity index (χ3v) is 9.85. The van der Waals surface area contributed by atoms with Crippen LogP contribution in [0.15, 0.2) is 127 Å². The summed E-state index contributed by atoms with van der Waals surface area (Å²) in [5, 5.41) is 83.1. The van der Waals surface area contributed by atoms with Gasteiger partial charge in [0.2, 0.25) is 0 Å². The first kappa shape index (κ1) is 41.7. The van der Waals surface area contributed by atoms with Gasteiger partial charge in [-0.3, -0.25) is 4.55 Å². The van der Waals surface area contributed by atoms with Crippen LogP contribution in [0.4, 0.5) is 34.1 Å². The van der Waals surface area contributed by atoms with Gasteiger partial charge in [-0.1, -0.05) is 12.1 Å². The van der Waals surface area contributed by atoms with Gasteiger partial charge in [-0.15, -0.1) is 20.5 Å². The summed E-state index contributed by atoms with van der Waals surface area (Å²) in [4.78, 5) is 35.4. The molecular formula is C35H26N6O15S2. The molecule has 0 heterocycles. The Morgan fingerprint density at radius 2 is 1.02 bits per heavy atom. The van der Waals surface area contributed by atoms with Gasteiger partial charge in [-0.05, 0) is 90.0 Å². The molecule has 0 saturated carbocycles. The summed E-state index contributed by atoms with van der Waals surface area (Å²) >= 11 is 0. The van der Waals surface area contributed by atoms with Crippen molar-refractivity contribution in [1.82, 2.24) is 0 Å². The van der Waals surface area contributed by atoms with Crippen molar-refractivity contribution in [2.45, 2.75) is 4.90 Å². The van der Waals surface area contributed by atoms with E-state index in [0.29, 0.717) is 0 Å². The average Bonchev–Trinajstić information content (AvgIpc) is 3.16. The van der Waals surface area contributed by atoms with Crippen LogP contribution in [-0.2, 0) is 24.4 Å². The molecule has 0 amide bonds. The lowest BCUT2D eigenvalue weighted by molar-refractivity contribution is 0.0684. The van der Waals surface area contributed by atoms with E-state index in [-0.39, 0.29) is 55.6 Å². The fourth-order valence-corrected chi connectivity index (χ4v) is 6.35. The van der Waals surface area contributed by atoms with Crippen LogP contribution < -0.4 is 0 Å². The first-order valence-electron chi connectivity index (χ1n) is 15.9. The summed E-state index contributed by atoms with van der Waals surface area (Å²) in [5.74, 6) is -6.80. The van der Waals surface area contributed by atoms with Crippen LogP contribution in [0.5, 0.6) is 17.2 Å². The van der Waals surface area contributed by atoms with Crippen molar-refractivity contribution in [2.75, 3.05) is 12.4 Å². The quantitative estimate of drug-likeness (QED) is 0.0399. The van der Waals surface area contributed by atoms with E-state index in [1.165, 1.54) is 54.6 Å². The molecule has 0 aromatic heterocycles. The van der Waals surface area contributed by atoms with Gasteiger partial charge in [-0.2, -0.15) is 18.6 Å². The van der Waals surface area contributed by atoms with E-state index in [4.69, 9.17) is 4.55 Å². The Labute approximate surface area is 326 Å². The van der Waals surface area contributed by atoms with Crippen LogP contribution in [0.2, 0.25) is 0 Å². The van der Waals surface area contributed by atoms with Crippen molar-refractivity contribution in [1.29, 1.82) is 0 Å². The molecule has 21 nitrogen and oxygen atoms in total. The fourth-order valence-electron chi connectivity index (χ4n) is 4.86. The zero-order valence-corrected chi connectivity index (χ0v) is 30.6. The first-order chi connectivity index (χ1) is 27.3. The van der Waals surface area contributed by atoms with Crippen LogP contribution in [0.1, 0.15) is 31.1 Å². The van der Waals surface area contributed by atoms with E-state index < -0.39 is 79.0 Å². The van der Waals surface area contributed by atoms with E-state index in [2.05, 4.69) is 34.9 Å². The lowest BCUT2D eigenvalue weighted by atomic mass is 9.99. The van der Waals surface area contributed by atoms with Gasteiger partial charge in [0, 0.05) is 0 Å². The van der Waals surface area contributed by atoms with E-state index in [0.717, 1.165) is 36.4 Å². The third kappa shape index (κ3) is 10.2. The minimum Gasteiger partial charge on any atom is -0.507 e. The topological polar surface area (TPSA) is 344 Å². The number of carbonyl (C=O) groups is 3. The molecule has 0 aliphatic carbocycles. The number of azo groups is 3. The Morgan fingerprint density at radius 1 is 0.534 bits per heavy atom. The number of sulfone groups is 1. The predicted octanol–water partition coefficient (Wildman–Crippen LogP) is 7.40. The Bertz CT molecular complexity index is 2770. The van der Waals surface area contributed by atoms with Crippen LogP contribution in [0.25, 0.3) is 11.1 Å². The summed E-state index contributed by atoms with van der Waals surface area (Å²) < 4.78 is 58.8. The number of rotatable bonds is 15. The molecule has 58 heavy (non-hydrogen) atoms. The molecule has 0 radical (unpaired) electrons. The number of carboxylic acids is 3. The number of hydrogen-bond donors (Lipinski definition) is 7. The minimum atomic E-state index is -4.83. The van der Waals surface area contributed by atoms with Gasteiger partial charge < -0.3 is 30.6 Å². The molecule has 23 heteroatoms. The third-order valence-electron chi connectivity index (χ3n) is 7.69. The Balaban J connectivity index is 1.36. The van der Waals surface area contributed by atoms with Gasteiger partial charge in [-0.25, -0.2) is 27.0 Å². The van der Waals surface area contributed by atoms with Crippen molar-refractivity contribution < 1.29 is 70.6 Å². The summed E-state index contributed by atoms with van der Waals surface area (Å²) in [6, 6.07) is 18.2. The molecule has 7 N–H and O–H groups in total. The number of aromatic carboxylic acids is 3. The zero-order chi connectivity index (χ0) is 42.4. The van der Waals surface area contributed by atoms with Gasteiger partial charge in [0.15, 0.2) is 21.3 Å². The first-order valence-corrected chi connectivity index (χ1v) is 18.9. The lowest BCUT2D eigenvalue weighted by Gasteiger charge is -2.08. The van der Waals surface area contributed by atoms with Crippen molar-refractivity contribution in [3.63, 3.8) is 0 Å². The highest BCUT2D eigenvalue weighted by molar-refractivity contribution is 7.91. The SMILES string of the molecule is O=C(O)c1cc(/N=N/c2ccc(-c3ccc(/N=N/c4ccc(O)c(/N=N/c5ccc(S(=O)(=O)CCOS(=O)(=O)O)cc5)c4O)c(C(=O)O)c3)cc2C(=O)O)ccc1O. The second-order valence-electron chi connectivity index (χ2n) is 11.5. The predicted molar refractivity (Wildman–Crippen MR) is 199 cm³/mol. The van der Waals surface area contributed by atoms with Crippen molar-refractivity contribution in [3.8, 4) is 28.4 Å². The molecule has 0 saturated heterocycles. The molecule has 0 aliphatic heterocycles. The normalized spacial score (nSPS) is 12.1. The number of phenols is 3. The fraction of sp³-hybridized carbons (Fsp3) is 0.0571. The van der Waals surface area contributed by atoms with Gasteiger partial charge in [0.1, 0.15) is 34.1 Å². The number of carboxylic acid groups (broad SMARTS) is 3. The Kier molecular flexibility index (Phi) is 12.3. The summed E-state index contributed by atoms with van der Waals surface area (Å²) in [7, 11) is -8.85. The zero-order valence-electron chi connectivity index (χ0n) is 29.0. The van der Waals surface area contributed by atoms with Crippen LogP contribution in [0.3, 0.4) is 0 Å². The van der Waals surface area contributed by atoms with E-state index in [9.17, 15) is 61.9 Å². The molecule has 5 aromatic rings. The van der Waals surface area contributed by atoms with Crippen LogP contribution in [-0.4, -0.2) is 82.3 Å². The second kappa shape index (κ2) is 17.1. The van der Waals surface area contributed by atoms with Gasteiger partial charge in [0.05, 0.1) is 39.8 Å². The maximum absolute atomic E-state index is 12.4. The van der Waals surface area contributed by atoms with E-state index >= 15 is 0 Å². The number of nitrogens with zero attached hydrogens (tertiary/aromatic N) is 6. The molecular weight excluding hydrogens is 809 g/mol. The molecule has 0 aliphatic rings. The lowest BCUT2D eigenvalue weighted by Crippen LogP contribution is -2.15. The van der Waals surface area contributed by atoms with Crippen LogP contribution in [0, 0.1) is 0 Å². The van der Waals surface area contributed by atoms with E-state index in [1.54, 1.807) is 0 Å². The average molecular weight is 835 g/mol. The maximum atomic E-state index is 12.4. The molecule has 0 atom stereocenters. The number of hydrogen-bond acceptors (Lipinski definition) is 17. The van der Waals surface area contributed by atoms with E-state index in [1.807, 2.05) is 0 Å². The summed E-state index contributed by atoms with van der Waals surface area (Å²) in [6.45, 7) is -0.830. The Hall–Kier alpha value is -7.47. The molecule has 0 fully saturated rings.